The molecular weight excluding hydrogens is 438 g/mol. The fourth-order valence-electron chi connectivity index (χ4n) is 2.28. The molecule has 0 saturated heterocycles. The van der Waals surface area contributed by atoms with Crippen LogP contribution in [0, 0.1) is 10.1 Å². The molecule has 1 amide bonds. The monoisotopic (exact) mass is 451 g/mol. The minimum Gasteiger partial charge on any atom is -0.497 e. The first-order valence-corrected chi connectivity index (χ1v) is 8.63. The second-order valence-corrected chi connectivity index (χ2v) is 6.25. The third-order valence-corrected chi connectivity index (χ3v) is 4.23. The number of methoxy groups -OCH3 is 1. The number of carbonyl (C=O) groups excluding carboxylic acids is 1. The Hall–Kier alpha value is -3.34. The zero-order valence-corrected chi connectivity index (χ0v) is 16.1. The highest BCUT2D eigenvalue weighted by Crippen LogP contribution is 2.37. The topological polar surface area (TPSA) is 122 Å². The van der Waals surface area contributed by atoms with E-state index in [1.165, 1.54) is 19.2 Å². The zero-order chi connectivity index (χ0) is 20.1. The van der Waals surface area contributed by atoms with Gasteiger partial charge in [0.15, 0.2) is 18.1 Å². The van der Waals surface area contributed by atoms with Gasteiger partial charge in [0.1, 0.15) is 11.5 Å². The van der Waals surface area contributed by atoms with Crippen LogP contribution in [0.3, 0.4) is 0 Å². The predicted molar refractivity (Wildman–Crippen MR) is 101 cm³/mol. The molecule has 11 heteroatoms. The highest BCUT2D eigenvalue weighted by Gasteiger charge is 2.22. The molecule has 0 aromatic heterocycles. The van der Waals surface area contributed by atoms with E-state index >= 15 is 0 Å². The number of nitro groups is 1. The van der Waals surface area contributed by atoms with Gasteiger partial charge in [-0.05, 0) is 40.2 Å². The van der Waals surface area contributed by atoms with Crippen molar-refractivity contribution in [3.8, 4) is 23.0 Å². The Morgan fingerprint density at radius 2 is 2.11 bits per heavy atom. The Morgan fingerprint density at radius 3 is 2.79 bits per heavy atom. The number of hydrogen-bond acceptors (Lipinski definition) is 8. The first-order chi connectivity index (χ1) is 13.5. The van der Waals surface area contributed by atoms with Gasteiger partial charge in [0.25, 0.3) is 11.6 Å². The number of benzene rings is 2. The maximum atomic E-state index is 11.9. The Labute approximate surface area is 167 Å². The highest BCUT2D eigenvalue weighted by atomic mass is 79.9. The van der Waals surface area contributed by atoms with E-state index in [1.54, 1.807) is 18.2 Å². The van der Waals surface area contributed by atoms with E-state index in [-0.39, 0.29) is 30.4 Å². The normalized spacial score (nSPS) is 12.1. The number of nitrogens with one attached hydrogen (secondary N) is 1. The molecular formula is C17H14BrN3O7. The third-order valence-electron chi connectivity index (χ3n) is 3.61. The number of hydrogen-bond donors (Lipinski definition) is 1. The van der Waals surface area contributed by atoms with E-state index in [9.17, 15) is 14.9 Å². The Bertz CT molecular complexity index is 949. The number of rotatable bonds is 7. The van der Waals surface area contributed by atoms with Gasteiger partial charge in [0, 0.05) is 0 Å². The number of carbonyl (C=O) groups is 1. The third kappa shape index (κ3) is 4.49. The summed E-state index contributed by atoms with van der Waals surface area (Å²) in [6, 6.07) is 7.70. The van der Waals surface area contributed by atoms with E-state index in [0.29, 0.717) is 21.7 Å². The van der Waals surface area contributed by atoms with Gasteiger partial charge in [-0.3, -0.25) is 14.9 Å². The molecule has 0 unspecified atom stereocenters. The van der Waals surface area contributed by atoms with Crippen molar-refractivity contribution in [1.29, 1.82) is 0 Å². The molecule has 146 valence electrons. The van der Waals surface area contributed by atoms with Gasteiger partial charge >= 0.3 is 0 Å². The maximum Gasteiger partial charge on any atom is 0.282 e. The Balaban J connectivity index is 1.60. The van der Waals surface area contributed by atoms with Gasteiger partial charge in [0.05, 0.1) is 34.4 Å². The molecule has 1 heterocycles. The quantitative estimate of drug-likeness (QED) is 0.389. The van der Waals surface area contributed by atoms with Crippen molar-refractivity contribution in [2.24, 2.45) is 5.10 Å². The number of fused-ring (bicyclic) bond motifs is 1. The summed E-state index contributed by atoms with van der Waals surface area (Å²) in [5.41, 5.74) is 2.19. The van der Waals surface area contributed by atoms with E-state index < -0.39 is 10.8 Å². The fraction of sp³-hybridized carbons (Fsp3) is 0.176. The van der Waals surface area contributed by atoms with Gasteiger partial charge in [-0.25, -0.2) is 5.43 Å². The molecule has 0 fully saturated rings. The largest absolute Gasteiger partial charge is 0.497 e. The minimum absolute atomic E-state index is 0.0118. The molecule has 2 aromatic carbocycles. The molecule has 28 heavy (non-hydrogen) atoms. The molecule has 1 aliphatic heterocycles. The number of nitrogens with zero attached hydrogens (tertiary/aromatic N) is 2. The van der Waals surface area contributed by atoms with Gasteiger partial charge in [-0.2, -0.15) is 5.10 Å². The van der Waals surface area contributed by atoms with Crippen molar-refractivity contribution >= 4 is 33.7 Å². The van der Waals surface area contributed by atoms with Crippen LogP contribution in [0.2, 0.25) is 0 Å². The number of amides is 1. The molecule has 0 atom stereocenters. The molecule has 0 saturated carbocycles. The summed E-state index contributed by atoms with van der Waals surface area (Å²) >= 11 is 3.32. The summed E-state index contributed by atoms with van der Waals surface area (Å²) in [7, 11) is 1.54. The lowest BCUT2D eigenvalue weighted by Crippen LogP contribution is -2.24. The lowest BCUT2D eigenvalue weighted by Gasteiger charge is -2.08. The van der Waals surface area contributed by atoms with Crippen molar-refractivity contribution in [2.45, 2.75) is 0 Å². The van der Waals surface area contributed by atoms with Crippen LogP contribution in [-0.2, 0) is 4.79 Å². The fourth-order valence-corrected chi connectivity index (χ4v) is 2.76. The first kappa shape index (κ1) is 19.4. The summed E-state index contributed by atoms with van der Waals surface area (Å²) in [4.78, 5) is 22.5. The average Bonchev–Trinajstić information content (AvgIpc) is 3.13. The highest BCUT2D eigenvalue weighted by molar-refractivity contribution is 9.10. The van der Waals surface area contributed by atoms with Gasteiger partial charge < -0.3 is 18.9 Å². The zero-order valence-electron chi connectivity index (χ0n) is 14.5. The van der Waals surface area contributed by atoms with Crippen molar-refractivity contribution in [2.75, 3.05) is 20.5 Å². The van der Waals surface area contributed by atoms with Crippen LogP contribution in [0.1, 0.15) is 5.56 Å². The number of ether oxygens (including phenoxy) is 4. The van der Waals surface area contributed by atoms with E-state index in [1.807, 2.05) is 0 Å². The van der Waals surface area contributed by atoms with Crippen molar-refractivity contribution < 1.29 is 28.7 Å². The van der Waals surface area contributed by atoms with E-state index in [4.69, 9.17) is 18.9 Å². The van der Waals surface area contributed by atoms with Crippen molar-refractivity contribution in [3.63, 3.8) is 0 Å². The standard InChI is InChI=1S/C17H14BrN3O7/c1-25-11-2-3-14(12(18)5-11)26-8-17(22)20-19-7-10-4-15-16(28-9-27-15)6-13(10)21(23)24/h2-7H,8-9H2,1H3,(H,20,22)/b19-7+. The molecule has 2 aromatic rings. The summed E-state index contributed by atoms with van der Waals surface area (Å²) in [6.45, 7) is -0.312. The lowest BCUT2D eigenvalue weighted by atomic mass is 10.1. The van der Waals surface area contributed by atoms with Crippen molar-refractivity contribution in [3.05, 3.63) is 50.5 Å². The summed E-state index contributed by atoms with van der Waals surface area (Å²) in [6.07, 6.45) is 1.15. The molecule has 1 N–H and O–H groups in total. The van der Waals surface area contributed by atoms with Crippen LogP contribution >= 0.6 is 15.9 Å². The second-order valence-electron chi connectivity index (χ2n) is 5.40. The summed E-state index contributed by atoms with van der Waals surface area (Å²) in [5.74, 6) is 1.20. The van der Waals surface area contributed by atoms with Crippen LogP contribution in [0.5, 0.6) is 23.0 Å². The maximum absolute atomic E-state index is 11.9. The molecule has 0 radical (unpaired) electrons. The lowest BCUT2D eigenvalue weighted by molar-refractivity contribution is -0.385. The second kappa shape index (κ2) is 8.57. The molecule has 1 aliphatic rings. The molecule has 0 aliphatic carbocycles. The van der Waals surface area contributed by atoms with Crippen molar-refractivity contribution in [1.82, 2.24) is 5.43 Å². The van der Waals surface area contributed by atoms with Crippen LogP contribution in [0.4, 0.5) is 5.69 Å². The molecule has 0 spiro atoms. The SMILES string of the molecule is COc1ccc(OCC(=O)N/N=C/c2cc3c(cc2[N+](=O)[O-])OCO3)c(Br)c1. The van der Waals surface area contributed by atoms with Gasteiger partial charge in [-0.15, -0.1) is 0 Å². The number of halogens is 1. The van der Waals surface area contributed by atoms with Crippen LogP contribution in [0.15, 0.2) is 39.9 Å². The molecule has 10 nitrogen and oxygen atoms in total. The number of nitro benzene ring substituents is 1. The van der Waals surface area contributed by atoms with Crippen LogP contribution in [-0.4, -0.2) is 37.6 Å². The van der Waals surface area contributed by atoms with Crippen LogP contribution in [0.25, 0.3) is 0 Å². The average molecular weight is 452 g/mol. The summed E-state index contributed by atoms with van der Waals surface area (Å²) in [5, 5.41) is 14.9. The van der Waals surface area contributed by atoms with Gasteiger partial charge in [-0.1, -0.05) is 0 Å². The minimum atomic E-state index is -0.574. The van der Waals surface area contributed by atoms with Crippen LogP contribution < -0.4 is 24.4 Å². The smallest absolute Gasteiger partial charge is 0.282 e. The number of hydrazone groups is 1. The summed E-state index contributed by atoms with van der Waals surface area (Å²) < 4.78 is 21.4. The van der Waals surface area contributed by atoms with E-state index in [2.05, 4.69) is 26.5 Å². The molecule has 3 rings (SSSR count). The van der Waals surface area contributed by atoms with Gasteiger partial charge in [0.2, 0.25) is 6.79 Å². The first-order valence-electron chi connectivity index (χ1n) is 7.84. The Kier molecular flexibility index (Phi) is 5.94. The predicted octanol–water partition coefficient (Wildman–Crippen LogP) is 2.62. The Morgan fingerprint density at radius 1 is 1.36 bits per heavy atom. The van der Waals surface area contributed by atoms with E-state index in [0.717, 1.165) is 6.21 Å². The molecule has 0 bridgehead atoms.